The number of nitrogens with zero attached hydrogens (tertiary/aromatic N) is 3. The van der Waals surface area contributed by atoms with Crippen LogP contribution in [0.25, 0.3) is 23.0 Å². The Morgan fingerprint density at radius 1 is 0.972 bits per heavy atom. The minimum Gasteiger partial charge on any atom is -0.466 e. The smallest absolute Gasteiger partial charge is 0.331 e. The van der Waals surface area contributed by atoms with Crippen LogP contribution < -0.4 is 0 Å². The standard InChI is InChI=1S/C28H29N3O5/c1-2-35-28(34)22-15-17-30(18-16-22)25(32)20-36-26(33)14-13-23-19-31(24-11-7-4-8-12-24)29-27(23)21-9-5-3-6-10-21/h3-14,19,22H,2,15-18,20H2,1H3. The van der Waals surface area contributed by atoms with Gasteiger partial charge in [-0.3, -0.25) is 9.59 Å². The second-order valence-corrected chi connectivity index (χ2v) is 8.43. The highest BCUT2D eigenvalue weighted by atomic mass is 16.5. The summed E-state index contributed by atoms with van der Waals surface area (Å²) in [7, 11) is 0. The van der Waals surface area contributed by atoms with Gasteiger partial charge in [-0.15, -0.1) is 0 Å². The van der Waals surface area contributed by atoms with Crippen LogP contribution in [0.3, 0.4) is 0 Å². The molecular weight excluding hydrogens is 458 g/mol. The van der Waals surface area contributed by atoms with Crippen molar-refractivity contribution in [3.8, 4) is 16.9 Å². The van der Waals surface area contributed by atoms with Crippen LogP contribution in [-0.4, -0.2) is 58.8 Å². The van der Waals surface area contributed by atoms with Crippen molar-refractivity contribution >= 4 is 23.9 Å². The second-order valence-electron chi connectivity index (χ2n) is 8.43. The summed E-state index contributed by atoms with van der Waals surface area (Å²) >= 11 is 0. The van der Waals surface area contributed by atoms with Crippen molar-refractivity contribution in [2.75, 3.05) is 26.3 Å². The van der Waals surface area contributed by atoms with E-state index < -0.39 is 5.97 Å². The molecule has 1 amide bonds. The summed E-state index contributed by atoms with van der Waals surface area (Å²) in [5.41, 5.74) is 3.29. The number of rotatable bonds is 8. The fourth-order valence-corrected chi connectivity index (χ4v) is 4.10. The molecule has 0 unspecified atom stereocenters. The van der Waals surface area contributed by atoms with Gasteiger partial charge in [-0.2, -0.15) is 5.10 Å². The molecule has 1 fully saturated rings. The van der Waals surface area contributed by atoms with Crippen molar-refractivity contribution in [2.45, 2.75) is 19.8 Å². The summed E-state index contributed by atoms with van der Waals surface area (Å²) in [5.74, 6) is -1.29. The van der Waals surface area contributed by atoms with Gasteiger partial charge in [0.1, 0.15) is 0 Å². The Hall–Kier alpha value is -4.20. The first-order valence-electron chi connectivity index (χ1n) is 12.0. The summed E-state index contributed by atoms with van der Waals surface area (Å²) < 4.78 is 12.0. The Kier molecular flexibility index (Phi) is 8.28. The molecule has 8 nitrogen and oxygen atoms in total. The van der Waals surface area contributed by atoms with Gasteiger partial charge < -0.3 is 14.4 Å². The molecule has 2 aromatic carbocycles. The van der Waals surface area contributed by atoms with Crippen molar-refractivity contribution in [3.63, 3.8) is 0 Å². The molecule has 0 atom stereocenters. The third kappa shape index (κ3) is 6.27. The summed E-state index contributed by atoms with van der Waals surface area (Å²) in [6, 6.07) is 19.4. The highest BCUT2D eigenvalue weighted by Crippen LogP contribution is 2.25. The topological polar surface area (TPSA) is 90.7 Å². The Morgan fingerprint density at radius 2 is 1.64 bits per heavy atom. The van der Waals surface area contributed by atoms with E-state index in [0.717, 1.165) is 22.5 Å². The molecule has 1 aromatic heterocycles. The summed E-state index contributed by atoms with van der Waals surface area (Å²) in [6.07, 6.45) is 5.89. The van der Waals surface area contributed by atoms with Crippen LogP contribution in [0.1, 0.15) is 25.3 Å². The van der Waals surface area contributed by atoms with Gasteiger partial charge in [0.2, 0.25) is 0 Å². The molecule has 8 heteroatoms. The van der Waals surface area contributed by atoms with E-state index >= 15 is 0 Å². The van der Waals surface area contributed by atoms with Crippen LogP contribution in [0.5, 0.6) is 0 Å². The van der Waals surface area contributed by atoms with E-state index in [2.05, 4.69) is 0 Å². The highest BCUT2D eigenvalue weighted by molar-refractivity contribution is 5.90. The first kappa shape index (κ1) is 24.9. The van der Waals surface area contributed by atoms with E-state index in [1.165, 1.54) is 6.08 Å². The number of carbonyl (C=O) groups excluding carboxylic acids is 3. The molecule has 0 radical (unpaired) electrons. The number of benzene rings is 2. The number of para-hydroxylation sites is 1. The molecule has 0 N–H and O–H groups in total. The maximum absolute atomic E-state index is 12.5. The zero-order valence-corrected chi connectivity index (χ0v) is 20.2. The van der Waals surface area contributed by atoms with Gasteiger partial charge >= 0.3 is 11.9 Å². The summed E-state index contributed by atoms with van der Waals surface area (Å²) in [6.45, 7) is 2.66. The summed E-state index contributed by atoms with van der Waals surface area (Å²) in [5, 5.41) is 4.71. The molecule has 1 aliphatic rings. The van der Waals surface area contributed by atoms with E-state index in [1.54, 1.807) is 22.6 Å². The highest BCUT2D eigenvalue weighted by Gasteiger charge is 2.28. The lowest BCUT2D eigenvalue weighted by molar-refractivity contribution is -0.153. The van der Waals surface area contributed by atoms with E-state index in [4.69, 9.17) is 14.6 Å². The monoisotopic (exact) mass is 487 g/mol. The lowest BCUT2D eigenvalue weighted by Crippen LogP contribution is -2.42. The van der Waals surface area contributed by atoms with Gasteiger partial charge in [0.25, 0.3) is 5.91 Å². The summed E-state index contributed by atoms with van der Waals surface area (Å²) in [4.78, 5) is 38.3. The van der Waals surface area contributed by atoms with Crippen LogP contribution in [-0.2, 0) is 23.9 Å². The average molecular weight is 488 g/mol. The fourth-order valence-electron chi connectivity index (χ4n) is 4.10. The minimum absolute atomic E-state index is 0.185. The Morgan fingerprint density at radius 3 is 2.31 bits per heavy atom. The van der Waals surface area contributed by atoms with Gasteiger partial charge in [0.05, 0.1) is 23.9 Å². The van der Waals surface area contributed by atoms with E-state index in [-0.39, 0.29) is 24.4 Å². The van der Waals surface area contributed by atoms with Crippen molar-refractivity contribution in [1.29, 1.82) is 0 Å². The quantitative estimate of drug-likeness (QED) is 0.354. The van der Waals surface area contributed by atoms with Crippen molar-refractivity contribution in [1.82, 2.24) is 14.7 Å². The minimum atomic E-state index is -0.615. The molecule has 186 valence electrons. The van der Waals surface area contributed by atoms with Crippen LogP contribution in [0.15, 0.2) is 72.9 Å². The van der Waals surface area contributed by atoms with Gasteiger partial charge in [-0.25, -0.2) is 9.48 Å². The molecule has 1 aliphatic heterocycles. The zero-order valence-electron chi connectivity index (χ0n) is 20.2. The molecule has 0 bridgehead atoms. The number of ether oxygens (including phenoxy) is 2. The molecule has 0 spiro atoms. The van der Waals surface area contributed by atoms with Gasteiger partial charge in [0.15, 0.2) is 6.61 Å². The van der Waals surface area contributed by atoms with Gasteiger partial charge in [-0.05, 0) is 38.0 Å². The third-order valence-electron chi connectivity index (χ3n) is 6.01. The number of piperidine rings is 1. The van der Waals surface area contributed by atoms with E-state index in [0.29, 0.717) is 32.5 Å². The molecule has 0 saturated carbocycles. The molecule has 4 rings (SSSR count). The van der Waals surface area contributed by atoms with Gasteiger partial charge in [-0.1, -0.05) is 48.5 Å². The maximum Gasteiger partial charge on any atom is 0.331 e. The Balaban J connectivity index is 1.37. The molecule has 0 aliphatic carbocycles. The van der Waals surface area contributed by atoms with Crippen LogP contribution in [0.4, 0.5) is 0 Å². The average Bonchev–Trinajstić information content (AvgIpc) is 3.36. The number of carbonyl (C=O) groups is 3. The Bertz CT molecular complexity index is 1210. The molecule has 36 heavy (non-hydrogen) atoms. The SMILES string of the molecule is CCOC(=O)C1CCN(C(=O)COC(=O)C=Cc2cn(-c3ccccc3)nc2-c2ccccc2)CC1. The molecule has 3 aromatic rings. The molecule has 2 heterocycles. The number of esters is 2. The van der Waals surface area contributed by atoms with Crippen molar-refractivity contribution < 1.29 is 23.9 Å². The second kappa shape index (κ2) is 12.0. The third-order valence-corrected chi connectivity index (χ3v) is 6.01. The number of aromatic nitrogens is 2. The van der Waals surface area contributed by atoms with E-state index in [9.17, 15) is 14.4 Å². The first-order chi connectivity index (χ1) is 17.5. The normalized spacial score (nSPS) is 14.1. The van der Waals surface area contributed by atoms with Crippen LogP contribution >= 0.6 is 0 Å². The molecular formula is C28H29N3O5. The lowest BCUT2D eigenvalue weighted by atomic mass is 9.97. The van der Waals surface area contributed by atoms with Crippen molar-refractivity contribution in [3.05, 3.63) is 78.5 Å². The van der Waals surface area contributed by atoms with Gasteiger partial charge in [0, 0.05) is 36.5 Å². The Labute approximate surface area is 210 Å². The maximum atomic E-state index is 12.5. The van der Waals surface area contributed by atoms with Crippen LogP contribution in [0.2, 0.25) is 0 Å². The number of amides is 1. The predicted molar refractivity (Wildman–Crippen MR) is 135 cm³/mol. The fraction of sp³-hybridized carbons (Fsp3) is 0.286. The molecule has 1 saturated heterocycles. The lowest BCUT2D eigenvalue weighted by Gasteiger charge is -2.30. The largest absolute Gasteiger partial charge is 0.466 e. The number of likely N-dealkylation sites (tertiary alicyclic amines) is 1. The zero-order chi connectivity index (χ0) is 25.3. The number of hydrogen-bond acceptors (Lipinski definition) is 6. The predicted octanol–water partition coefficient (Wildman–Crippen LogP) is 3.90. The van der Waals surface area contributed by atoms with Crippen LogP contribution in [0, 0.1) is 5.92 Å². The van der Waals surface area contributed by atoms with Crippen molar-refractivity contribution in [2.24, 2.45) is 5.92 Å². The number of hydrogen-bond donors (Lipinski definition) is 0. The first-order valence-corrected chi connectivity index (χ1v) is 12.0. The van der Waals surface area contributed by atoms with E-state index in [1.807, 2.05) is 66.9 Å².